The van der Waals surface area contributed by atoms with E-state index in [0.717, 1.165) is 5.56 Å². The summed E-state index contributed by atoms with van der Waals surface area (Å²) in [5.41, 5.74) is 3.13. The summed E-state index contributed by atoms with van der Waals surface area (Å²) in [5, 5.41) is 3.20. The number of amides is 2. The number of aryl methyl sites for hydroxylation is 1. The average Bonchev–Trinajstić information content (AvgIpc) is 3.18. The zero-order chi connectivity index (χ0) is 25.1. The molecule has 0 spiro atoms. The minimum Gasteiger partial charge on any atom is -0.337 e. The lowest BCUT2D eigenvalue weighted by Gasteiger charge is -2.16. The number of thiophene rings is 1. The van der Waals surface area contributed by atoms with Crippen LogP contribution in [0.2, 0.25) is 0 Å². The van der Waals surface area contributed by atoms with Gasteiger partial charge >= 0.3 is 0 Å². The van der Waals surface area contributed by atoms with Gasteiger partial charge in [0, 0.05) is 19.3 Å². The second-order valence-corrected chi connectivity index (χ2v) is 9.88. The van der Waals surface area contributed by atoms with Crippen LogP contribution in [-0.2, 0) is 17.9 Å². The van der Waals surface area contributed by atoms with Crippen molar-refractivity contribution in [2.45, 2.75) is 39.8 Å². The summed E-state index contributed by atoms with van der Waals surface area (Å²) in [6, 6.07) is 17.4. The Morgan fingerprint density at radius 1 is 1.09 bits per heavy atom. The molecule has 0 aliphatic heterocycles. The van der Waals surface area contributed by atoms with Crippen LogP contribution in [0.25, 0.3) is 10.2 Å². The van der Waals surface area contributed by atoms with Crippen molar-refractivity contribution >= 4 is 39.1 Å². The molecule has 1 N–H and O–H groups in total. The fourth-order valence-electron chi connectivity index (χ4n) is 3.88. The molecular weight excluding hydrogens is 460 g/mol. The number of carbonyl (C=O) groups is 2. The van der Waals surface area contributed by atoms with Gasteiger partial charge in [0.05, 0.1) is 16.6 Å². The van der Waals surface area contributed by atoms with Crippen molar-refractivity contribution in [2.75, 3.05) is 12.4 Å². The highest BCUT2D eigenvalue weighted by Gasteiger charge is 2.22. The second-order valence-electron chi connectivity index (χ2n) is 8.89. The molecule has 4 rings (SSSR count). The van der Waals surface area contributed by atoms with Crippen LogP contribution in [0.15, 0.2) is 65.7 Å². The van der Waals surface area contributed by atoms with Crippen LogP contribution in [0.3, 0.4) is 0 Å². The Morgan fingerprint density at radius 3 is 2.43 bits per heavy atom. The summed E-state index contributed by atoms with van der Waals surface area (Å²) in [4.78, 5) is 45.9. The van der Waals surface area contributed by atoms with Crippen LogP contribution in [0.1, 0.15) is 46.1 Å². The number of nitrogens with zero attached hydrogens (tertiary/aromatic N) is 3. The number of carbonyl (C=O) groups excluding carboxylic acids is 2. The van der Waals surface area contributed by atoms with Crippen molar-refractivity contribution < 1.29 is 9.59 Å². The molecule has 180 valence electrons. The lowest BCUT2D eigenvalue weighted by atomic mass is 10.0. The standard InChI is InChI=1S/C27H28N4O3S/c1-17(2)20-10-12-21(13-11-20)29-22(32)15-31-16-28-25-23(26(31)33)18(3)24(35-25)27(34)30(4)14-19-8-6-5-7-9-19/h5-13,16-17H,14-15H2,1-4H3,(H,29,32). The highest BCUT2D eigenvalue weighted by atomic mass is 32.1. The van der Waals surface area contributed by atoms with Crippen LogP contribution in [0.5, 0.6) is 0 Å². The molecule has 35 heavy (non-hydrogen) atoms. The van der Waals surface area contributed by atoms with Crippen molar-refractivity contribution in [3.63, 3.8) is 0 Å². The molecule has 0 unspecified atom stereocenters. The Hall–Kier alpha value is -3.78. The average molecular weight is 489 g/mol. The summed E-state index contributed by atoms with van der Waals surface area (Å²) in [6.07, 6.45) is 1.37. The van der Waals surface area contributed by atoms with Gasteiger partial charge in [-0.25, -0.2) is 4.98 Å². The van der Waals surface area contributed by atoms with Gasteiger partial charge in [-0.15, -0.1) is 11.3 Å². The van der Waals surface area contributed by atoms with E-state index in [-0.39, 0.29) is 23.9 Å². The smallest absolute Gasteiger partial charge is 0.264 e. The van der Waals surface area contributed by atoms with Gasteiger partial charge in [-0.05, 0) is 41.7 Å². The number of nitrogens with one attached hydrogen (secondary N) is 1. The monoisotopic (exact) mass is 488 g/mol. The van der Waals surface area contributed by atoms with Crippen LogP contribution < -0.4 is 10.9 Å². The molecule has 2 aromatic heterocycles. The SMILES string of the molecule is Cc1c(C(=O)N(C)Cc2ccccc2)sc2ncn(CC(=O)Nc3ccc(C(C)C)cc3)c(=O)c12. The van der Waals surface area contributed by atoms with E-state index in [0.29, 0.717) is 38.8 Å². The first-order valence-corrected chi connectivity index (χ1v) is 12.2. The fourth-order valence-corrected chi connectivity index (χ4v) is 5.02. The third kappa shape index (κ3) is 5.33. The van der Waals surface area contributed by atoms with Gasteiger partial charge in [-0.1, -0.05) is 56.3 Å². The second kappa shape index (κ2) is 10.2. The topological polar surface area (TPSA) is 84.3 Å². The molecule has 2 aromatic carbocycles. The van der Waals surface area contributed by atoms with Crippen molar-refractivity contribution in [3.05, 3.63) is 92.8 Å². The number of rotatable bonds is 7. The van der Waals surface area contributed by atoms with Crippen molar-refractivity contribution in [2.24, 2.45) is 0 Å². The van der Waals surface area contributed by atoms with Crippen molar-refractivity contribution in [1.29, 1.82) is 0 Å². The number of anilines is 1. The zero-order valence-corrected chi connectivity index (χ0v) is 21.1. The number of fused-ring (bicyclic) bond motifs is 1. The highest BCUT2D eigenvalue weighted by molar-refractivity contribution is 7.20. The van der Waals surface area contributed by atoms with E-state index >= 15 is 0 Å². The van der Waals surface area contributed by atoms with E-state index < -0.39 is 0 Å². The summed E-state index contributed by atoms with van der Waals surface area (Å²) >= 11 is 1.20. The first kappa shape index (κ1) is 24.3. The normalized spacial score (nSPS) is 11.1. The lowest BCUT2D eigenvalue weighted by Crippen LogP contribution is -2.28. The molecular formula is C27H28N4O3S. The van der Waals surface area contributed by atoms with Gasteiger partial charge in [0.2, 0.25) is 5.91 Å². The predicted molar refractivity (Wildman–Crippen MR) is 140 cm³/mol. The summed E-state index contributed by atoms with van der Waals surface area (Å²) in [5.74, 6) is -0.0832. The van der Waals surface area contributed by atoms with E-state index in [1.807, 2.05) is 54.6 Å². The molecule has 0 fully saturated rings. The molecule has 2 heterocycles. The van der Waals surface area contributed by atoms with E-state index in [1.165, 1.54) is 27.8 Å². The minimum atomic E-state index is -0.334. The fraction of sp³-hybridized carbons (Fsp3) is 0.259. The molecule has 0 saturated carbocycles. The zero-order valence-electron chi connectivity index (χ0n) is 20.2. The molecule has 7 nitrogen and oxygen atoms in total. The molecule has 0 aliphatic carbocycles. The van der Waals surface area contributed by atoms with Gasteiger partial charge in [0.15, 0.2) is 0 Å². The maximum absolute atomic E-state index is 13.2. The third-order valence-electron chi connectivity index (χ3n) is 5.90. The summed E-state index contributed by atoms with van der Waals surface area (Å²) in [6.45, 7) is 6.27. The van der Waals surface area contributed by atoms with Gasteiger partial charge in [-0.2, -0.15) is 0 Å². The molecule has 0 bridgehead atoms. The highest BCUT2D eigenvalue weighted by Crippen LogP contribution is 2.28. The summed E-state index contributed by atoms with van der Waals surface area (Å²) in [7, 11) is 1.74. The number of hydrogen-bond acceptors (Lipinski definition) is 5. The Morgan fingerprint density at radius 2 is 1.77 bits per heavy atom. The van der Waals surface area contributed by atoms with E-state index in [2.05, 4.69) is 24.1 Å². The Balaban J connectivity index is 1.52. The lowest BCUT2D eigenvalue weighted by molar-refractivity contribution is -0.116. The third-order valence-corrected chi connectivity index (χ3v) is 7.08. The van der Waals surface area contributed by atoms with E-state index in [9.17, 15) is 14.4 Å². The van der Waals surface area contributed by atoms with Crippen LogP contribution in [0, 0.1) is 6.92 Å². The quantitative estimate of drug-likeness (QED) is 0.405. The predicted octanol–water partition coefficient (Wildman–Crippen LogP) is 4.80. The Labute approximate surface area is 208 Å². The van der Waals surface area contributed by atoms with Gasteiger partial charge in [0.1, 0.15) is 11.4 Å². The number of aromatic nitrogens is 2. The van der Waals surface area contributed by atoms with Gasteiger partial charge < -0.3 is 10.2 Å². The van der Waals surface area contributed by atoms with Crippen LogP contribution in [-0.4, -0.2) is 33.3 Å². The van der Waals surface area contributed by atoms with Crippen molar-refractivity contribution in [1.82, 2.24) is 14.5 Å². The van der Waals surface area contributed by atoms with Crippen LogP contribution in [0.4, 0.5) is 5.69 Å². The molecule has 0 radical (unpaired) electrons. The van der Waals surface area contributed by atoms with Gasteiger partial charge in [0.25, 0.3) is 11.5 Å². The van der Waals surface area contributed by atoms with E-state index in [1.54, 1.807) is 18.9 Å². The van der Waals surface area contributed by atoms with Crippen LogP contribution >= 0.6 is 11.3 Å². The first-order valence-electron chi connectivity index (χ1n) is 11.4. The molecule has 2 amide bonds. The molecule has 0 aliphatic rings. The largest absolute Gasteiger partial charge is 0.337 e. The Kier molecular flexibility index (Phi) is 7.12. The molecule has 4 aromatic rings. The minimum absolute atomic E-state index is 0.164. The maximum Gasteiger partial charge on any atom is 0.264 e. The van der Waals surface area contributed by atoms with Crippen molar-refractivity contribution in [3.8, 4) is 0 Å². The number of benzene rings is 2. The first-order chi connectivity index (χ1) is 16.7. The summed E-state index contributed by atoms with van der Waals surface area (Å²) < 4.78 is 1.28. The molecule has 8 heteroatoms. The number of hydrogen-bond donors (Lipinski definition) is 1. The Bertz CT molecular complexity index is 1420. The van der Waals surface area contributed by atoms with Gasteiger partial charge in [-0.3, -0.25) is 19.0 Å². The maximum atomic E-state index is 13.2. The molecule has 0 saturated heterocycles. The van der Waals surface area contributed by atoms with E-state index in [4.69, 9.17) is 0 Å². The molecule has 0 atom stereocenters.